The molecule has 0 spiro atoms. The van der Waals surface area contributed by atoms with Crippen LogP contribution in [-0.2, 0) is 36.9 Å². The van der Waals surface area contributed by atoms with E-state index in [-0.39, 0.29) is 43.4 Å². The fraction of sp³-hybridized carbons (Fsp3) is 0.153. The summed E-state index contributed by atoms with van der Waals surface area (Å²) in [6.45, 7) is 10.4. The van der Waals surface area contributed by atoms with Gasteiger partial charge in [-0.05, 0) is 137 Å². The van der Waals surface area contributed by atoms with E-state index in [9.17, 15) is 22.6 Å². The molecule has 14 heteroatoms. The van der Waals surface area contributed by atoms with Gasteiger partial charge in [-0.3, -0.25) is 14.1 Å². The first-order valence-corrected chi connectivity index (χ1v) is 25.2. The topological polar surface area (TPSA) is 164 Å². The molecule has 12 nitrogen and oxygen atoms in total. The first kappa shape index (κ1) is 51.8. The van der Waals surface area contributed by atoms with E-state index in [0.717, 1.165) is 34.1 Å². The molecule has 8 aromatic rings. The zero-order valence-electron chi connectivity index (χ0n) is 40.8. The third kappa shape index (κ3) is 12.2. The Kier molecular flexibility index (Phi) is 15.6. The molecule has 0 aliphatic carbocycles. The fourth-order valence-corrected chi connectivity index (χ4v) is 9.47. The summed E-state index contributed by atoms with van der Waals surface area (Å²) in [6, 6.07) is 54.6. The number of hydrogen-bond donors (Lipinski definition) is 2. The van der Waals surface area contributed by atoms with Crippen LogP contribution in [0.15, 0.2) is 192 Å². The molecule has 0 amide bonds. The highest BCUT2D eigenvalue weighted by atomic mass is 32.2. The monoisotopic (exact) mass is 1020 g/mol. The Balaban J connectivity index is 0.837. The average Bonchev–Trinajstić information content (AvgIpc) is 3.40. The number of aryl methyl sites for hydroxylation is 1. The maximum Gasteiger partial charge on any atom is 0.294 e. The van der Waals surface area contributed by atoms with Crippen molar-refractivity contribution in [3.05, 3.63) is 238 Å². The van der Waals surface area contributed by atoms with Crippen molar-refractivity contribution in [3.8, 4) is 34.5 Å². The van der Waals surface area contributed by atoms with Crippen LogP contribution in [-0.4, -0.2) is 36.9 Å². The van der Waals surface area contributed by atoms with Crippen LogP contribution in [0.1, 0.15) is 92.9 Å². The van der Waals surface area contributed by atoms with Gasteiger partial charge in [-0.1, -0.05) is 118 Å². The highest BCUT2D eigenvalue weighted by Gasteiger charge is 2.25. The minimum Gasteiger partial charge on any atom is -0.497 e. The number of ether oxygens (including phenoxy) is 4. The number of carbonyl (C=O) groups is 2. The zero-order valence-corrected chi connectivity index (χ0v) is 42.5. The standard InChI is InChI=1S/C59H52O12S2/c1-38-7-10-43(36-55(38)73(63,64)65)57(61)42-15-34-53(54(35-42)72-71-70-62)69-52-32-22-47(23-33-52)59(4,5)45-18-28-49(29-19-45)67-37-39-8-11-40(12-9-39)56(60)41-13-24-50(25-14-41)68-51-30-20-46(21-31-51)58(2,3)44-16-26-48(66-6)27-17-44/h7-36,62H,37H2,1-6H3,(H,63,64,65). The second-order valence-electron chi connectivity index (χ2n) is 18.3. The number of carbonyl (C=O) groups excluding carboxylic acids is 2. The Morgan fingerprint density at radius 1 is 0.521 bits per heavy atom. The molecule has 0 saturated carbocycles. The van der Waals surface area contributed by atoms with E-state index in [1.165, 1.54) is 42.8 Å². The second kappa shape index (κ2) is 22.1. The third-order valence-corrected chi connectivity index (χ3v) is 14.5. The lowest BCUT2D eigenvalue weighted by molar-refractivity contribution is -0.432. The Morgan fingerprint density at radius 2 is 0.932 bits per heavy atom. The van der Waals surface area contributed by atoms with Gasteiger partial charge < -0.3 is 18.9 Å². The molecule has 0 fully saturated rings. The average molecular weight is 1020 g/mol. The smallest absolute Gasteiger partial charge is 0.294 e. The largest absolute Gasteiger partial charge is 0.497 e. The van der Waals surface area contributed by atoms with Crippen LogP contribution in [0.2, 0.25) is 0 Å². The van der Waals surface area contributed by atoms with Crippen molar-refractivity contribution in [2.45, 2.75) is 61.8 Å². The van der Waals surface area contributed by atoms with Crippen LogP contribution in [0.3, 0.4) is 0 Å². The van der Waals surface area contributed by atoms with Gasteiger partial charge in [0.05, 0.1) is 28.9 Å². The van der Waals surface area contributed by atoms with Gasteiger partial charge in [0.1, 0.15) is 41.1 Å². The third-order valence-electron chi connectivity index (χ3n) is 12.8. The molecule has 0 atom stereocenters. The Labute approximate surface area is 428 Å². The van der Waals surface area contributed by atoms with Crippen LogP contribution in [0.4, 0.5) is 0 Å². The Hall–Kier alpha value is -7.56. The van der Waals surface area contributed by atoms with E-state index in [1.807, 2.05) is 84.9 Å². The lowest BCUT2D eigenvalue weighted by atomic mass is 9.78. The highest BCUT2D eigenvalue weighted by molar-refractivity contribution is 7.94. The van der Waals surface area contributed by atoms with Gasteiger partial charge in [0.2, 0.25) is 0 Å². The van der Waals surface area contributed by atoms with Gasteiger partial charge in [-0.25, -0.2) is 5.26 Å². The van der Waals surface area contributed by atoms with Crippen LogP contribution >= 0.6 is 12.0 Å². The highest BCUT2D eigenvalue weighted by Crippen LogP contribution is 2.38. The molecule has 2 N–H and O–H groups in total. The first-order valence-electron chi connectivity index (χ1n) is 23.0. The summed E-state index contributed by atoms with van der Waals surface area (Å²) in [6.07, 6.45) is 0. The fourth-order valence-electron chi connectivity index (χ4n) is 8.25. The van der Waals surface area contributed by atoms with Gasteiger partial charge in [0.25, 0.3) is 10.1 Å². The van der Waals surface area contributed by atoms with E-state index >= 15 is 0 Å². The van der Waals surface area contributed by atoms with E-state index in [0.29, 0.717) is 52.8 Å². The summed E-state index contributed by atoms with van der Waals surface area (Å²) in [5, 5.41) is 12.7. The van der Waals surface area contributed by atoms with Crippen molar-refractivity contribution < 1.29 is 56.1 Å². The van der Waals surface area contributed by atoms with E-state index in [2.05, 4.69) is 61.3 Å². The van der Waals surface area contributed by atoms with Crippen molar-refractivity contribution in [3.63, 3.8) is 0 Å². The molecule has 8 aromatic carbocycles. The molecule has 0 aliphatic heterocycles. The molecule has 0 saturated heterocycles. The summed E-state index contributed by atoms with van der Waals surface area (Å²) >= 11 is 0.600. The molecule has 0 aliphatic rings. The lowest BCUT2D eigenvalue weighted by Gasteiger charge is -2.26. The molecule has 372 valence electrons. The molecule has 8 rings (SSSR count). The molecule has 0 radical (unpaired) electrons. The van der Waals surface area contributed by atoms with Gasteiger partial charge in [0.15, 0.2) is 11.6 Å². The van der Waals surface area contributed by atoms with E-state index in [1.54, 1.807) is 43.5 Å². The number of benzene rings is 8. The molecule has 0 aromatic heterocycles. The van der Waals surface area contributed by atoms with Crippen LogP contribution in [0, 0.1) is 6.92 Å². The lowest BCUT2D eigenvalue weighted by Crippen LogP contribution is -2.18. The normalized spacial score (nSPS) is 11.7. The number of ketones is 2. The van der Waals surface area contributed by atoms with Gasteiger partial charge in [-0.2, -0.15) is 8.42 Å². The van der Waals surface area contributed by atoms with Gasteiger partial charge >= 0.3 is 0 Å². The quantitative estimate of drug-likeness (QED) is 0.0244. The molecular formula is C59H52O12S2. The first-order chi connectivity index (χ1) is 34.9. The number of methoxy groups -OCH3 is 1. The predicted octanol–water partition coefficient (Wildman–Crippen LogP) is 14.0. The molecule has 0 unspecified atom stereocenters. The molecule has 0 bridgehead atoms. The zero-order chi connectivity index (χ0) is 51.9. The summed E-state index contributed by atoms with van der Waals surface area (Å²) in [7, 11) is -2.89. The second-order valence-corrected chi connectivity index (χ2v) is 20.4. The molecule has 0 heterocycles. The minimum atomic E-state index is -4.55. The van der Waals surface area contributed by atoms with Crippen molar-refractivity contribution in [2.75, 3.05) is 7.11 Å². The molecular weight excluding hydrogens is 965 g/mol. The molecule has 73 heavy (non-hydrogen) atoms. The van der Waals surface area contributed by atoms with Gasteiger partial charge in [0, 0.05) is 33.1 Å². The predicted molar refractivity (Wildman–Crippen MR) is 279 cm³/mol. The SMILES string of the molecule is COc1ccc(C(C)(C)c2ccc(Oc3ccc(C(=O)c4ccc(COc5ccc(C(C)(C)c6ccc(Oc7ccc(C(=O)c8ccc(C)c(S(=O)(=O)O)c8)cc7SOOO)cc6)cc5)cc4)cc3)cc2)cc1. The summed E-state index contributed by atoms with van der Waals surface area (Å²) in [4.78, 5) is 26.7. The summed E-state index contributed by atoms with van der Waals surface area (Å²) in [5.41, 5.74) is 6.28. The Bertz CT molecular complexity index is 3340. The maximum absolute atomic E-state index is 13.4. The van der Waals surface area contributed by atoms with Crippen molar-refractivity contribution in [1.29, 1.82) is 0 Å². The van der Waals surface area contributed by atoms with E-state index in [4.69, 9.17) is 24.2 Å². The number of rotatable bonds is 20. The van der Waals surface area contributed by atoms with Crippen LogP contribution < -0.4 is 18.9 Å². The van der Waals surface area contributed by atoms with Crippen LogP contribution in [0.5, 0.6) is 34.5 Å². The summed E-state index contributed by atoms with van der Waals surface area (Å²) in [5.74, 6) is 2.99. The Morgan fingerprint density at radius 3 is 1.42 bits per heavy atom. The van der Waals surface area contributed by atoms with E-state index < -0.39 is 21.3 Å². The maximum atomic E-state index is 13.4. The van der Waals surface area contributed by atoms with Gasteiger partial charge in [-0.15, -0.1) is 4.33 Å². The number of hydrogen-bond acceptors (Lipinski definition) is 12. The van der Waals surface area contributed by atoms with Crippen molar-refractivity contribution in [2.24, 2.45) is 0 Å². The minimum absolute atomic E-state index is 0.0382. The van der Waals surface area contributed by atoms with Crippen molar-refractivity contribution >= 4 is 33.7 Å². The summed E-state index contributed by atoms with van der Waals surface area (Å²) < 4.78 is 61.7. The van der Waals surface area contributed by atoms with Crippen molar-refractivity contribution in [1.82, 2.24) is 0 Å². The van der Waals surface area contributed by atoms with Crippen LogP contribution in [0.25, 0.3) is 0 Å².